The maximum absolute atomic E-state index is 13.2. The summed E-state index contributed by atoms with van der Waals surface area (Å²) in [6.07, 6.45) is 0. The molecule has 0 saturated heterocycles. The summed E-state index contributed by atoms with van der Waals surface area (Å²) in [5, 5.41) is 14.0. The smallest absolute Gasteiger partial charge is 0.273 e. The van der Waals surface area contributed by atoms with Gasteiger partial charge in [0.15, 0.2) is 0 Å². The number of sulfone groups is 1. The molecule has 0 heterocycles. The molecule has 0 atom stereocenters. The van der Waals surface area contributed by atoms with Crippen molar-refractivity contribution in [2.75, 3.05) is 33.1 Å². The Balaban J connectivity index is 2.56. The van der Waals surface area contributed by atoms with Gasteiger partial charge in [0.1, 0.15) is 5.75 Å². The molecule has 0 aliphatic heterocycles. The van der Waals surface area contributed by atoms with Crippen molar-refractivity contribution in [3.05, 3.63) is 52.1 Å². The van der Waals surface area contributed by atoms with Gasteiger partial charge in [0.05, 0.1) is 34.1 Å². The van der Waals surface area contributed by atoms with Gasteiger partial charge in [-0.2, -0.15) is 0 Å². The molecular weight excluding hydrogens is 386 g/mol. The molecule has 0 aromatic heterocycles. The Morgan fingerprint density at radius 1 is 1.21 bits per heavy atom. The van der Waals surface area contributed by atoms with Crippen LogP contribution in [0.1, 0.15) is 5.56 Å². The summed E-state index contributed by atoms with van der Waals surface area (Å²) in [5.41, 5.74) is 0.255. The van der Waals surface area contributed by atoms with Gasteiger partial charge >= 0.3 is 0 Å². The molecule has 0 radical (unpaired) electrons. The van der Waals surface area contributed by atoms with Crippen molar-refractivity contribution in [1.29, 1.82) is 0 Å². The molecule has 0 fully saturated rings. The van der Waals surface area contributed by atoms with Gasteiger partial charge in [0.2, 0.25) is 15.7 Å². The Kier molecular flexibility index (Phi) is 6.24. The lowest BCUT2D eigenvalue weighted by Gasteiger charge is -2.16. The minimum atomic E-state index is -4.11. The van der Waals surface area contributed by atoms with E-state index in [0.29, 0.717) is 11.3 Å². The second kappa shape index (κ2) is 8.26. The Hall–Kier alpha value is -3.14. The molecule has 2 rings (SSSR count). The van der Waals surface area contributed by atoms with Crippen molar-refractivity contribution in [1.82, 2.24) is 4.90 Å². The molecule has 0 aliphatic rings. The summed E-state index contributed by atoms with van der Waals surface area (Å²) in [6, 6.07) is 8.07. The van der Waals surface area contributed by atoms with Crippen LogP contribution in [0.5, 0.6) is 5.75 Å². The fourth-order valence-electron chi connectivity index (χ4n) is 2.41. The van der Waals surface area contributed by atoms with E-state index in [-0.39, 0.29) is 33.6 Å². The standard InChI is InChI=1S/C18H21N3O6S/c1-12-5-7-14(10-16(12)21(23)24)28(25,26)17-9-13(27-4)6-8-15(17)19-11-18(22)20(2)3/h5-10,19H,11H2,1-4H3. The highest BCUT2D eigenvalue weighted by Crippen LogP contribution is 2.33. The average Bonchev–Trinajstić information content (AvgIpc) is 2.65. The van der Waals surface area contributed by atoms with Crippen LogP contribution in [0, 0.1) is 17.0 Å². The van der Waals surface area contributed by atoms with Gasteiger partial charge in [-0.3, -0.25) is 14.9 Å². The third-order valence-electron chi connectivity index (χ3n) is 4.09. The first-order valence-electron chi connectivity index (χ1n) is 8.20. The highest BCUT2D eigenvalue weighted by Gasteiger charge is 2.25. The number of carbonyl (C=O) groups excluding carboxylic acids is 1. The Bertz CT molecular complexity index is 1020. The third-order valence-corrected chi connectivity index (χ3v) is 5.89. The number of hydrogen-bond donors (Lipinski definition) is 1. The van der Waals surface area contributed by atoms with Crippen LogP contribution in [-0.2, 0) is 14.6 Å². The fraction of sp³-hybridized carbons (Fsp3) is 0.278. The van der Waals surface area contributed by atoms with Gasteiger partial charge in [-0.1, -0.05) is 6.07 Å². The van der Waals surface area contributed by atoms with Crippen LogP contribution in [0.3, 0.4) is 0 Å². The molecule has 0 spiro atoms. The first-order chi connectivity index (χ1) is 13.1. The summed E-state index contributed by atoms with van der Waals surface area (Å²) in [7, 11) is 0.448. The van der Waals surface area contributed by atoms with Gasteiger partial charge in [0, 0.05) is 31.8 Å². The van der Waals surface area contributed by atoms with Crippen LogP contribution in [0.2, 0.25) is 0 Å². The van der Waals surface area contributed by atoms with E-state index < -0.39 is 14.8 Å². The number of anilines is 1. The minimum Gasteiger partial charge on any atom is -0.497 e. The number of methoxy groups -OCH3 is 1. The molecule has 0 aliphatic carbocycles. The Morgan fingerprint density at radius 3 is 2.46 bits per heavy atom. The number of nitrogens with one attached hydrogen (secondary N) is 1. The van der Waals surface area contributed by atoms with Gasteiger partial charge in [-0.15, -0.1) is 0 Å². The molecular formula is C18H21N3O6S. The van der Waals surface area contributed by atoms with E-state index in [1.165, 1.54) is 43.2 Å². The van der Waals surface area contributed by atoms with Crippen molar-refractivity contribution in [2.24, 2.45) is 0 Å². The quantitative estimate of drug-likeness (QED) is 0.552. The van der Waals surface area contributed by atoms with E-state index in [0.717, 1.165) is 6.07 Å². The molecule has 28 heavy (non-hydrogen) atoms. The monoisotopic (exact) mass is 407 g/mol. The zero-order valence-corrected chi connectivity index (χ0v) is 16.7. The van der Waals surface area contributed by atoms with Crippen LogP contribution in [0.25, 0.3) is 0 Å². The van der Waals surface area contributed by atoms with Crippen LogP contribution in [0.15, 0.2) is 46.2 Å². The van der Waals surface area contributed by atoms with Crippen LogP contribution < -0.4 is 10.1 Å². The predicted octanol–water partition coefficient (Wildman–Crippen LogP) is 2.24. The molecule has 0 unspecified atom stereocenters. The second-order valence-corrected chi connectivity index (χ2v) is 8.13. The summed E-state index contributed by atoms with van der Waals surface area (Å²) in [6.45, 7) is 1.41. The number of nitro benzene ring substituents is 1. The fourth-order valence-corrected chi connectivity index (χ4v) is 3.88. The zero-order chi connectivity index (χ0) is 21.1. The van der Waals surface area contributed by atoms with Crippen molar-refractivity contribution >= 4 is 27.1 Å². The number of carbonyl (C=O) groups is 1. The molecule has 1 amide bonds. The van der Waals surface area contributed by atoms with E-state index in [1.54, 1.807) is 20.2 Å². The Morgan fingerprint density at radius 2 is 1.89 bits per heavy atom. The van der Waals surface area contributed by atoms with E-state index in [9.17, 15) is 23.3 Å². The molecule has 150 valence electrons. The van der Waals surface area contributed by atoms with Crippen molar-refractivity contribution < 1.29 is 22.9 Å². The van der Waals surface area contributed by atoms with E-state index in [1.807, 2.05) is 0 Å². The lowest BCUT2D eigenvalue weighted by atomic mass is 10.2. The van der Waals surface area contributed by atoms with Gasteiger partial charge in [-0.25, -0.2) is 8.42 Å². The van der Waals surface area contributed by atoms with Crippen LogP contribution in [-0.4, -0.2) is 51.9 Å². The first-order valence-corrected chi connectivity index (χ1v) is 9.68. The zero-order valence-electron chi connectivity index (χ0n) is 15.9. The number of aryl methyl sites for hydroxylation is 1. The molecule has 1 N–H and O–H groups in total. The molecule has 10 heteroatoms. The maximum atomic E-state index is 13.2. The van der Waals surface area contributed by atoms with Gasteiger partial charge in [-0.05, 0) is 25.1 Å². The molecule has 2 aromatic carbocycles. The highest BCUT2D eigenvalue weighted by molar-refractivity contribution is 7.91. The minimum absolute atomic E-state index is 0.115. The second-order valence-electron chi connectivity index (χ2n) is 6.21. The number of nitro groups is 1. The van der Waals surface area contributed by atoms with E-state index in [2.05, 4.69) is 5.32 Å². The van der Waals surface area contributed by atoms with Crippen LogP contribution in [0.4, 0.5) is 11.4 Å². The summed E-state index contributed by atoms with van der Waals surface area (Å²) >= 11 is 0. The lowest BCUT2D eigenvalue weighted by Crippen LogP contribution is -2.29. The van der Waals surface area contributed by atoms with Crippen LogP contribution >= 0.6 is 0 Å². The Labute approximate surface area is 163 Å². The average molecular weight is 407 g/mol. The number of ether oxygens (including phenoxy) is 1. The third kappa shape index (κ3) is 4.39. The first kappa shape index (κ1) is 21.2. The molecule has 2 aromatic rings. The van der Waals surface area contributed by atoms with Crippen molar-refractivity contribution in [3.63, 3.8) is 0 Å². The summed E-state index contributed by atoms with van der Waals surface area (Å²) in [5.74, 6) is 0.0508. The van der Waals surface area contributed by atoms with E-state index in [4.69, 9.17) is 4.74 Å². The number of rotatable bonds is 7. The van der Waals surface area contributed by atoms with E-state index >= 15 is 0 Å². The number of likely N-dealkylation sites (N-methyl/N-ethyl adjacent to an activating group) is 1. The number of amides is 1. The SMILES string of the molecule is COc1ccc(NCC(=O)N(C)C)c(S(=O)(=O)c2ccc(C)c([N+](=O)[O-])c2)c1. The summed E-state index contributed by atoms with van der Waals surface area (Å²) in [4.78, 5) is 23.4. The lowest BCUT2D eigenvalue weighted by molar-refractivity contribution is -0.385. The number of hydrogen-bond acceptors (Lipinski definition) is 7. The molecule has 0 saturated carbocycles. The highest BCUT2D eigenvalue weighted by atomic mass is 32.2. The van der Waals surface area contributed by atoms with Crippen molar-refractivity contribution in [3.8, 4) is 5.75 Å². The largest absolute Gasteiger partial charge is 0.497 e. The molecule has 9 nitrogen and oxygen atoms in total. The number of nitrogens with zero attached hydrogens (tertiary/aromatic N) is 2. The normalized spacial score (nSPS) is 11.0. The molecule has 0 bridgehead atoms. The van der Waals surface area contributed by atoms with Gasteiger partial charge in [0.25, 0.3) is 5.69 Å². The van der Waals surface area contributed by atoms with Crippen molar-refractivity contribution in [2.45, 2.75) is 16.7 Å². The topological polar surface area (TPSA) is 119 Å². The summed E-state index contributed by atoms with van der Waals surface area (Å²) < 4.78 is 31.5. The number of benzene rings is 2. The maximum Gasteiger partial charge on any atom is 0.273 e. The van der Waals surface area contributed by atoms with Gasteiger partial charge < -0.3 is 15.0 Å². The predicted molar refractivity (Wildman–Crippen MR) is 103 cm³/mol.